The molecule has 17 heavy (non-hydrogen) atoms. The maximum Gasteiger partial charge on any atom is 0.223 e. The zero-order valence-electron chi connectivity index (χ0n) is 9.80. The van der Waals surface area contributed by atoms with Crippen LogP contribution in [-0.2, 0) is 7.05 Å². The topological polar surface area (TPSA) is 81.7 Å². The standard InChI is InChI=1S/C11H16N6/c1-17-8-4-10(16-17)9-3-7-14-11(15-9)13-6-2-5-12/h3-4,7-8H,2,5-6,12H2,1H3,(H,13,14,15). The molecule has 0 aliphatic rings. The van der Waals surface area contributed by atoms with Crippen LogP contribution in [0.3, 0.4) is 0 Å². The largest absolute Gasteiger partial charge is 0.354 e. The first kappa shape index (κ1) is 11.5. The highest BCUT2D eigenvalue weighted by Crippen LogP contribution is 2.14. The van der Waals surface area contributed by atoms with E-state index in [9.17, 15) is 0 Å². The van der Waals surface area contributed by atoms with Crippen LogP contribution < -0.4 is 11.1 Å². The van der Waals surface area contributed by atoms with Gasteiger partial charge in [-0.15, -0.1) is 0 Å². The Balaban J connectivity index is 2.11. The number of rotatable bonds is 5. The van der Waals surface area contributed by atoms with E-state index in [0.717, 1.165) is 24.4 Å². The molecule has 2 aromatic rings. The lowest BCUT2D eigenvalue weighted by atomic mass is 10.3. The van der Waals surface area contributed by atoms with E-state index in [1.807, 2.05) is 25.4 Å². The Morgan fingerprint density at radius 2 is 2.24 bits per heavy atom. The van der Waals surface area contributed by atoms with Crippen LogP contribution in [0.4, 0.5) is 5.95 Å². The smallest absolute Gasteiger partial charge is 0.223 e. The van der Waals surface area contributed by atoms with E-state index in [0.29, 0.717) is 12.5 Å². The van der Waals surface area contributed by atoms with Gasteiger partial charge in [-0.25, -0.2) is 9.97 Å². The first-order valence-electron chi connectivity index (χ1n) is 5.56. The first-order valence-corrected chi connectivity index (χ1v) is 5.56. The molecule has 0 fully saturated rings. The average molecular weight is 232 g/mol. The summed E-state index contributed by atoms with van der Waals surface area (Å²) in [5.41, 5.74) is 7.08. The van der Waals surface area contributed by atoms with Crippen molar-refractivity contribution in [3.05, 3.63) is 24.5 Å². The molecule has 3 N–H and O–H groups in total. The average Bonchev–Trinajstić information content (AvgIpc) is 2.77. The number of aryl methyl sites for hydroxylation is 1. The number of hydrogen-bond acceptors (Lipinski definition) is 5. The van der Waals surface area contributed by atoms with Crippen molar-refractivity contribution in [2.45, 2.75) is 6.42 Å². The zero-order valence-corrected chi connectivity index (χ0v) is 9.80. The Morgan fingerprint density at radius 1 is 1.35 bits per heavy atom. The highest BCUT2D eigenvalue weighted by atomic mass is 15.3. The number of hydrogen-bond donors (Lipinski definition) is 2. The summed E-state index contributed by atoms with van der Waals surface area (Å²) in [5, 5.41) is 7.42. The number of nitrogens with two attached hydrogens (primary N) is 1. The van der Waals surface area contributed by atoms with E-state index in [4.69, 9.17) is 5.73 Å². The Morgan fingerprint density at radius 3 is 2.94 bits per heavy atom. The van der Waals surface area contributed by atoms with E-state index in [1.165, 1.54) is 0 Å². The summed E-state index contributed by atoms with van der Waals surface area (Å²) < 4.78 is 1.75. The number of anilines is 1. The second kappa shape index (κ2) is 5.40. The Labute approximate surface area is 99.9 Å². The molecule has 2 heterocycles. The number of aromatic nitrogens is 4. The van der Waals surface area contributed by atoms with Crippen molar-refractivity contribution in [1.29, 1.82) is 0 Å². The van der Waals surface area contributed by atoms with E-state index in [-0.39, 0.29) is 0 Å². The summed E-state index contributed by atoms with van der Waals surface area (Å²) in [6.07, 6.45) is 4.51. The number of nitrogens with zero attached hydrogens (tertiary/aromatic N) is 4. The molecule has 0 aromatic carbocycles. The molecule has 2 aromatic heterocycles. The third-order valence-electron chi connectivity index (χ3n) is 2.30. The molecule has 0 aliphatic carbocycles. The Bertz CT molecular complexity index is 478. The molecule has 6 heteroatoms. The van der Waals surface area contributed by atoms with Crippen LogP contribution in [0.2, 0.25) is 0 Å². The van der Waals surface area contributed by atoms with Crippen molar-refractivity contribution >= 4 is 5.95 Å². The third kappa shape index (κ3) is 3.01. The molecule has 90 valence electrons. The lowest BCUT2D eigenvalue weighted by Crippen LogP contribution is -2.10. The predicted molar refractivity (Wildman–Crippen MR) is 66.4 cm³/mol. The zero-order chi connectivity index (χ0) is 12.1. The van der Waals surface area contributed by atoms with Gasteiger partial charge in [0.25, 0.3) is 0 Å². The Kier molecular flexibility index (Phi) is 3.66. The fourth-order valence-corrected chi connectivity index (χ4v) is 1.44. The molecule has 0 bridgehead atoms. The van der Waals surface area contributed by atoms with E-state index in [2.05, 4.69) is 20.4 Å². The molecule has 0 atom stereocenters. The quantitative estimate of drug-likeness (QED) is 0.739. The van der Waals surface area contributed by atoms with Crippen molar-refractivity contribution in [3.8, 4) is 11.4 Å². The minimum atomic E-state index is 0.613. The van der Waals surface area contributed by atoms with E-state index in [1.54, 1.807) is 10.9 Å². The van der Waals surface area contributed by atoms with Gasteiger partial charge in [-0.3, -0.25) is 4.68 Å². The van der Waals surface area contributed by atoms with Crippen molar-refractivity contribution in [2.75, 3.05) is 18.4 Å². The molecule has 0 spiro atoms. The van der Waals surface area contributed by atoms with Crippen molar-refractivity contribution in [3.63, 3.8) is 0 Å². The van der Waals surface area contributed by atoms with Gasteiger partial charge in [0, 0.05) is 26.0 Å². The van der Waals surface area contributed by atoms with Gasteiger partial charge in [-0.2, -0.15) is 5.10 Å². The van der Waals surface area contributed by atoms with Gasteiger partial charge in [-0.1, -0.05) is 0 Å². The fourth-order valence-electron chi connectivity index (χ4n) is 1.44. The first-order chi connectivity index (χ1) is 8.29. The maximum atomic E-state index is 5.42. The Hall–Kier alpha value is -1.95. The van der Waals surface area contributed by atoms with Gasteiger partial charge in [0.15, 0.2) is 0 Å². The van der Waals surface area contributed by atoms with E-state index < -0.39 is 0 Å². The molecular formula is C11H16N6. The highest BCUT2D eigenvalue weighted by molar-refractivity contribution is 5.54. The minimum Gasteiger partial charge on any atom is -0.354 e. The lowest BCUT2D eigenvalue weighted by Gasteiger charge is -2.04. The van der Waals surface area contributed by atoms with Crippen LogP contribution in [0.5, 0.6) is 0 Å². The van der Waals surface area contributed by atoms with Crippen molar-refractivity contribution in [1.82, 2.24) is 19.7 Å². The summed E-state index contributed by atoms with van der Waals surface area (Å²) in [6.45, 7) is 1.44. The van der Waals surface area contributed by atoms with Crippen LogP contribution in [-0.4, -0.2) is 32.8 Å². The van der Waals surface area contributed by atoms with Gasteiger partial charge in [0.1, 0.15) is 5.69 Å². The van der Waals surface area contributed by atoms with Gasteiger partial charge < -0.3 is 11.1 Å². The molecule has 6 nitrogen and oxygen atoms in total. The third-order valence-corrected chi connectivity index (χ3v) is 2.30. The molecule has 0 saturated heterocycles. The highest BCUT2D eigenvalue weighted by Gasteiger charge is 2.04. The summed E-state index contributed by atoms with van der Waals surface area (Å²) in [5.74, 6) is 0.613. The molecule has 0 amide bonds. The normalized spacial score (nSPS) is 10.5. The fraction of sp³-hybridized carbons (Fsp3) is 0.364. The van der Waals surface area contributed by atoms with Gasteiger partial charge in [-0.05, 0) is 25.1 Å². The number of nitrogens with one attached hydrogen (secondary N) is 1. The van der Waals surface area contributed by atoms with Crippen molar-refractivity contribution in [2.24, 2.45) is 12.8 Å². The second-order valence-corrected chi connectivity index (χ2v) is 3.71. The van der Waals surface area contributed by atoms with Crippen LogP contribution in [0.25, 0.3) is 11.4 Å². The maximum absolute atomic E-state index is 5.42. The van der Waals surface area contributed by atoms with Gasteiger partial charge in [0.05, 0.1) is 5.69 Å². The monoisotopic (exact) mass is 232 g/mol. The van der Waals surface area contributed by atoms with Crippen LogP contribution in [0, 0.1) is 0 Å². The molecule has 0 unspecified atom stereocenters. The predicted octanol–water partition coefficient (Wildman–Crippen LogP) is 0.638. The minimum absolute atomic E-state index is 0.613. The summed E-state index contributed by atoms with van der Waals surface area (Å²) in [7, 11) is 1.88. The molecular weight excluding hydrogens is 216 g/mol. The SMILES string of the molecule is Cn1ccc(-c2ccnc(NCCCN)n2)n1. The summed E-state index contributed by atoms with van der Waals surface area (Å²) in [6, 6.07) is 3.77. The van der Waals surface area contributed by atoms with Gasteiger partial charge >= 0.3 is 0 Å². The van der Waals surface area contributed by atoms with Crippen LogP contribution in [0.1, 0.15) is 6.42 Å². The van der Waals surface area contributed by atoms with Gasteiger partial charge in [0.2, 0.25) is 5.95 Å². The molecule has 0 aliphatic heterocycles. The molecule has 2 rings (SSSR count). The molecule has 0 radical (unpaired) electrons. The van der Waals surface area contributed by atoms with E-state index >= 15 is 0 Å². The molecule has 0 saturated carbocycles. The van der Waals surface area contributed by atoms with Crippen LogP contribution >= 0.6 is 0 Å². The summed E-state index contributed by atoms with van der Waals surface area (Å²) in [4.78, 5) is 8.54. The van der Waals surface area contributed by atoms with Crippen molar-refractivity contribution < 1.29 is 0 Å². The van der Waals surface area contributed by atoms with Crippen LogP contribution in [0.15, 0.2) is 24.5 Å². The summed E-state index contributed by atoms with van der Waals surface area (Å²) >= 11 is 0. The lowest BCUT2D eigenvalue weighted by molar-refractivity contribution is 0.769. The second-order valence-electron chi connectivity index (χ2n) is 3.71.